The van der Waals surface area contributed by atoms with E-state index in [0.29, 0.717) is 6.42 Å². The predicted octanol–water partition coefficient (Wildman–Crippen LogP) is 1.52. The van der Waals surface area contributed by atoms with Gasteiger partial charge in [0.05, 0.1) is 0 Å². The molecule has 100 valence electrons. The second-order valence-electron chi connectivity index (χ2n) is 5.13. The molecule has 0 spiro atoms. The van der Waals surface area contributed by atoms with Crippen LogP contribution in [0.3, 0.4) is 0 Å². The fraction of sp³-hybridized carbons (Fsp3) is 0.692. The third-order valence-corrected chi connectivity index (χ3v) is 2.02. The molecule has 0 aromatic heterocycles. The Labute approximate surface area is 107 Å². The van der Waals surface area contributed by atoms with Crippen LogP contribution in [0.5, 0.6) is 0 Å². The molecule has 0 amide bonds. The maximum absolute atomic E-state index is 11.4. The van der Waals surface area contributed by atoms with Gasteiger partial charge in [-0.3, -0.25) is 0 Å². The Morgan fingerprint density at radius 2 is 1.83 bits per heavy atom. The van der Waals surface area contributed by atoms with Crippen LogP contribution in [0.1, 0.15) is 41.0 Å². The molecule has 0 unspecified atom stereocenters. The zero-order valence-electron chi connectivity index (χ0n) is 11.3. The summed E-state index contributed by atoms with van der Waals surface area (Å²) in [5.74, 6) is 5.73. The zero-order chi connectivity index (χ0) is 14.4. The lowest BCUT2D eigenvalue weighted by molar-refractivity contribution is -0.191. The summed E-state index contributed by atoms with van der Waals surface area (Å²) < 4.78 is 10.3. The van der Waals surface area contributed by atoms with Gasteiger partial charge in [0, 0.05) is 11.8 Å². The molecule has 5 nitrogen and oxygen atoms in total. The van der Waals surface area contributed by atoms with Gasteiger partial charge in [0.1, 0.15) is 0 Å². The molecule has 1 fully saturated rings. The summed E-state index contributed by atoms with van der Waals surface area (Å²) in [5, 5.41) is 0. The Morgan fingerprint density at radius 1 is 1.33 bits per heavy atom. The average molecular weight is 254 g/mol. The first-order valence-corrected chi connectivity index (χ1v) is 5.53. The summed E-state index contributed by atoms with van der Waals surface area (Å²) in [4.78, 5) is 27.7. The third kappa shape index (κ3) is 5.62. The first kappa shape index (κ1) is 16.4. The van der Waals surface area contributed by atoms with Crippen LogP contribution < -0.4 is 0 Å². The number of cyclic esters (lactones) is 1. The van der Waals surface area contributed by atoms with Crippen molar-refractivity contribution in [2.45, 2.75) is 52.9 Å². The van der Waals surface area contributed by atoms with Gasteiger partial charge < -0.3 is 9.47 Å². The van der Waals surface area contributed by atoms with Gasteiger partial charge in [0.2, 0.25) is 6.29 Å². The Hall–Kier alpha value is -1.63. The molecule has 1 aliphatic heterocycles. The van der Waals surface area contributed by atoms with Gasteiger partial charge >= 0.3 is 12.1 Å². The Kier molecular flexibility index (Phi) is 5.77. The quantitative estimate of drug-likeness (QED) is 0.524. The molecule has 1 rings (SSSR count). The molecular weight excluding hydrogens is 236 g/mol. The van der Waals surface area contributed by atoms with Gasteiger partial charge in [-0.1, -0.05) is 11.8 Å². The smallest absolute Gasteiger partial charge is 0.373 e. The second-order valence-corrected chi connectivity index (χ2v) is 5.13. The van der Waals surface area contributed by atoms with E-state index in [1.807, 2.05) is 20.8 Å². The Balaban J connectivity index is 0.000000873. The molecule has 0 saturated carbocycles. The number of esters is 1. The lowest BCUT2D eigenvalue weighted by Crippen LogP contribution is -2.32. The van der Waals surface area contributed by atoms with Crippen molar-refractivity contribution in [1.29, 1.82) is 0 Å². The van der Waals surface area contributed by atoms with E-state index in [2.05, 4.69) is 11.8 Å². The summed E-state index contributed by atoms with van der Waals surface area (Å²) in [6.45, 7) is 9.51. The van der Waals surface area contributed by atoms with E-state index in [9.17, 15) is 4.79 Å². The maximum atomic E-state index is 11.4. The van der Waals surface area contributed by atoms with E-state index < -0.39 is 11.9 Å². The van der Waals surface area contributed by atoms with Gasteiger partial charge in [-0.2, -0.15) is 9.59 Å². The van der Waals surface area contributed by atoms with Crippen molar-refractivity contribution in [1.82, 2.24) is 0 Å². The molecule has 1 saturated heterocycles. The number of carbonyl (C=O) groups is 1. The van der Waals surface area contributed by atoms with Gasteiger partial charge in [-0.25, -0.2) is 4.79 Å². The topological polar surface area (TPSA) is 69.7 Å². The SMILES string of the molecule is C[C@H]1OC(=O)[C@](C)(CC#CC(C)(C)C)O1.O=C=O. The van der Waals surface area contributed by atoms with Gasteiger partial charge in [0.25, 0.3) is 0 Å². The fourth-order valence-corrected chi connectivity index (χ4v) is 1.31. The summed E-state index contributed by atoms with van der Waals surface area (Å²) in [6, 6.07) is 0. The molecule has 0 aromatic carbocycles. The van der Waals surface area contributed by atoms with E-state index in [0.717, 1.165) is 0 Å². The lowest BCUT2D eigenvalue weighted by Gasteiger charge is -2.15. The molecule has 0 N–H and O–H groups in total. The number of hydrogen-bond donors (Lipinski definition) is 0. The summed E-state index contributed by atoms with van der Waals surface area (Å²) in [7, 11) is 0. The molecule has 0 aliphatic carbocycles. The van der Waals surface area contributed by atoms with Crippen molar-refractivity contribution in [3.63, 3.8) is 0 Å². The number of ether oxygens (including phenoxy) is 2. The standard InChI is InChI=1S/C12H18O3.CO2/c1-9-14-10(13)12(5,15-9)8-6-7-11(2,3)4;2-1-3/h9H,8H2,1-5H3;/t9-,12-;/m0./s1. The molecular formula is C13H18O5. The van der Waals surface area contributed by atoms with Crippen molar-refractivity contribution in [2.75, 3.05) is 0 Å². The highest BCUT2D eigenvalue weighted by molar-refractivity contribution is 5.81. The number of rotatable bonds is 1. The Bertz CT molecular complexity index is 390. The Morgan fingerprint density at radius 3 is 2.17 bits per heavy atom. The molecule has 5 heteroatoms. The molecule has 0 bridgehead atoms. The average Bonchev–Trinajstić information content (AvgIpc) is 2.39. The summed E-state index contributed by atoms with van der Waals surface area (Å²) >= 11 is 0. The number of hydrogen-bond acceptors (Lipinski definition) is 5. The third-order valence-electron chi connectivity index (χ3n) is 2.02. The van der Waals surface area contributed by atoms with Gasteiger partial charge in [-0.05, 0) is 34.6 Å². The predicted molar refractivity (Wildman–Crippen MR) is 61.9 cm³/mol. The summed E-state index contributed by atoms with van der Waals surface area (Å²) in [5.41, 5.74) is -0.942. The highest BCUT2D eigenvalue weighted by Gasteiger charge is 2.44. The van der Waals surface area contributed by atoms with Crippen molar-refractivity contribution in [3.05, 3.63) is 0 Å². The monoisotopic (exact) mass is 254 g/mol. The van der Waals surface area contributed by atoms with Crippen molar-refractivity contribution < 1.29 is 23.9 Å². The minimum absolute atomic E-state index is 0.0511. The normalized spacial score (nSPS) is 26.1. The zero-order valence-corrected chi connectivity index (χ0v) is 11.3. The van der Waals surface area contributed by atoms with E-state index in [4.69, 9.17) is 19.1 Å². The maximum Gasteiger partial charge on any atom is 0.373 e. The largest absolute Gasteiger partial charge is 0.434 e. The van der Waals surface area contributed by atoms with Crippen LogP contribution in [0.25, 0.3) is 0 Å². The van der Waals surface area contributed by atoms with Crippen LogP contribution in [0, 0.1) is 17.3 Å². The van der Waals surface area contributed by atoms with E-state index in [1.165, 1.54) is 0 Å². The minimum atomic E-state index is -0.891. The van der Waals surface area contributed by atoms with Gasteiger partial charge in [0.15, 0.2) is 5.60 Å². The van der Waals surface area contributed by atoms with Crippen LogP contribution in [0.4, 0.5) is 0 Å². The van der Waals surface area contributed by atoms with E-state index >= 15 is 0 Å². The molecule has 1 aliphatic rings. The first-order valence-electron chi connectivity index (χ1n) is 5.53. The van der Waals surface area contributed by atoms with E-state index in [-0.39, 0.29) is 17.5 Å². The number of carbonyl (C=O) groups excluding carboxylic acids is 3. The highest BCUT2D eigenvalue weighted by atomic mass is 16.8. The summed E-state index contributed by atoms with van der Waals surface area (Å²) in [6.07, 6.45) is 0.173. The molecule has 18 heavy (non-hydrogen) atoms. The van der Waals surface area contributed by atoms with Crippen LogP contribution in [0.15, 0.2) is 0 Å². The first-order chi connectivity index (χ1) is 8.14. The van der Waals surface area contributed by atoms with Crippen LogP contribution in [0.2, 0.25) is 0 Å². The lowest BCUT2D eigenvalue weighted by atomic mass is 9.96. The molecule has 0 aromatic rings. The van der Waals surface area contributed by atoms with E-state index in [1.54, 1.807) is 13.8 Å². The van der Waals surface area contributed by atoms with Crippen LogP contribution in [-0.4, -0.2) is 24.0 Å². The van der Waals surface area contributed by atoms with Crippen LogP contribution in [-0.2, 0) is 23.9 Å². The van der Waals surface area contributed by atoms with Crippen molar-refractivity contribution >= 4 is 12.1 Å². The van der Waals surface area contributed by atoms with Crippen molar-refractivity contribution in [3.8, 4) is 11.8 Å². The molecule has 0 radical (unpaired) electrons. The minimum Gasteiger partial charge on any atom is -0.434 e. The van der Waals surface area contributed by atoms with Gasteiger partial charge in [-0.15, -0.1) is 0 Å². The fourth-order valence-electron chi connectivity index (χ4n) is 1.31. The molecule has 1 heterocycles. The van der Waals surface area contributed by atoms with Crippen molar-refractivity contribution in [2.24, 2.45) is 5.41 Å². The second kappa shape index (κ2) is 6.34. The highest BCUT2D eigenvalue weighted by Crippen LogP contribution is 2.27. The molecule has 2 atom stereocenters. The van der Waals surface area contributed by atoms with Crippen LogP contribution >= 0.6 is 0 Å².